The summed E-state index contributed by atoms with van der Waals surface area (Å²) in [6.45, 7) is 8.02. The zero-order valence-corrected chi connectivity index (χ0v) is 17.3. The third-order valence-corrected chi connectivity index (χ3v) is 4.54. The lowest BCUT2D eigenvalue weighted by atomic mass is 10.1. The number of rotatable bonds is 7. The molecule has 7 nitrogen and oxygen atoms in total. The van der Waals surface area contributed by atoms with Gasteiger partial charge < -0.3 is 4.74 Å². The van der Waals surface area contributed by atoms with Gasteiger partial charge in [-0.3, -0.25) is 20.0 Å². The zero-order chi connectivity index (χ0) is 21.6. The van der Waals surface area contributed by atoms with Crippen LogP contribution in [0.5, 0.6) is 5.75 Å². The average molecular weight is 400 g/mol. The van der Waals surface area contributed by atoms with Crippen molar-refractivity contribution in [2.75, 3.05) is 6.61 Å². The summed E-state index contributed by atoms with van der Waals surface area (Å²) in [5.41, 5.74) is 2.83. The third-order valence-electron chi connectivity index (χ3n) is 4.54. The van der Waals surface area contributed by atoms with Crippen molar-refractivity contribution in [3.63, 3.8) is 0 Å². The van der Waals surface area contributed by atoms with Crippen molar-refractivity contribution in [3.05, 3.63) is 58.8 Å². The number of amides is 2. The second-order valence-electron chi connectivity index (χ2n) is 7.26. The molecule has 0 saturated carbocycles. The Labute approximate surface area is 171 Å². The van der Waals surface area contributed by atoms with Crippen molar-refractivity contribution < 1.29 is 24.7 Å². The molecule has 0 bridgehead atoms. The number of benzene rings is 1. The van der Waals surface area contributed by atoms with E-state index < -0.39 is 17.9 Å². The van der Waals surface area contributed by atoms with Crippen molar-refractivity contribution >= 4 is 17.9 Å². The summed E-state index contributed by atoms with van der Waals surface area (Å²) in [4.78, 5) is 24.0. The fourth-order valence-corrected chi connectivity index (χ4v) is 2.70. The molecule has 0 aliphatic carbocycles. The van der Waals surface area contributed by atoms with Gasteiger partial charge in [0.1, 0.15) is 24.1 Å². The highest BCUT2D eigenvalue weighted by Gasteiger charge is 2.39. The van der Waals surface area contributed by atoms with Gasteiger partial charge >= 0.3 is 0 Å². The van der Waals surface area contributed by atoms with Crippen LogP contribution in [0.1, 0.15) is 46.1 Å². The van der Waals surface area contributed by atoms with Gasteiger partial charge in [0, 0.05) is 0 Å². The number of allylic oxidation sites excluding steroid dienone is 3. The van der Waals surface area contributed by atoms with Gasteiger partial charge in [-0.2, -0.15) is 5.06 Å². The monoisotopic (exact) mass is 400 g/mol. The Morgan fingerprint density at radius 3 is 2.38 bits per heavy atom. The van der Waals surface area contributed by atoms with Gasteiger partial charge in [0.15, 0.2) is 0 Å². The number of carbonyl (C=O) groups excluding carboxylic acids is 2. The summed E-state index contributed by atoms with van der Waals surface area (Å²) in [6.07, 6.45) is 7.58. The summed E-state index contributed by atoms with van der Waals surface area (Å²) in [5.74, 6) is -0.983. The van der Waals surface area contributed by atoms with Crippen LogP contribution in [-0.2, 0) is 9.59 Å². The lowest BCUT2D eigenvalue weighted by Crippen LogP contribution is -2.54. The number of carbonyl (C=O) groups is 2. The molecule has 0 spiro atoms. The summed E-state index contributed by atoms with van der Waals surface area (Å²) < 4.78 is 5.70. The minimum absolute atomic E-state index is 0.271. The second-order valence-corrected chi connectivity index (χ2v) is 7.26. The topological polar surface area (TPSA) is 90.3 Å². The van der Waals surface area contributed by atoms with Crippen molar-refractivity contribution in [1.82, 2.24) is 10.1 Å². The van der Waals surface area contributed by atoms with E-state index in [-0.39, 0.29) is 10.8 Å². The van der Waals surface area contributed by atoms with E-state index in [9.17, 15) is 20.0 Å². The molecule has 1 aromatic rings. The number of hydrogen-bond donors (Lipinski definition) is 2. The van der Waals surface area contributed by atoms with E-state index in [0.29, 0.717) is 23.0 Å². The van der Waals surface area contributed by atoms with E-state index in [1.807, 2.05) is 6.08 Å². The zero-order valence-electron chi connectivity index (χ0n) is 17.3. The molecule has 0 radical (unpaired) electrons. The first-order valence-electron chi connectivity index (χ1n) is 9.49. The Bertz CT molecular complexity index is 835. The fraction of sp³-hybridized carbons (Fsp3) is 0.364. The van der Waals surface area contributed by atoms with E-state index in [0.717, 1.165) is 12.8 Å². The highest BCUT2D eigenvalue weighted by atomic mass is 16.5. The number of hydrogen-bond acceptors (Lipinski definition) is 5. The minimum atomic E-state index is -1.14. The van der Waals surface area contributed by atoms with Gasteiger partial charge in [-0.05, 0) is 70.4 Å². The average Bonchev–Trinajstić information content (AvgIpc) is 2.69. The Hall–Kier alpha value is -2.90. The van der Waals surface area contributed by atoms with Crippen LogP contribution in [0.4, 0.5) is 0 Å². The Balaban J connectivity index is 1.98. The van der Waals surface area contributed by atoms with Crippen LogP contribution in [0.2, 0.25) is 0 Å². The number of piperazine rings is 1. The molecule has 2 N–H and O–H groups in total. The van der Waals surface area contributed by atoms with E-state index >= 15 is 0 Å². The molecule has 1 unspecified atom stereocenters. The first-order valence-corrected chi connectivity index (χ1v) is 9.49. The smallest absolute Gasteiger partial charge is 0.297 e. The molecule has 156 valence electrons. The minimum Gasteiger partial charge on any atom is -0.490 e. The van der Waals surface area contributed by atoms with Crippen LogP contribution in [0.3, 0.4) is 0 Å². The van der Waals surface area contributed by atoms with E-state index in [4.69, 9.17) is 4.74 Å². The molecule has 1 saturated heterocycles. The summed E-state index contributed by atoms with van der Waals surface area (Å²) in [6, 6.07) is 5.71. The molecule has 1 heterocycles. The van der Waals surface area contributed by atoms with Crippen molar-refractivity contribution in [3.8, 4) is 5.75 Å². The second kappa shape index (κ2) is 10.0. The summed E-state index contributed by atoms with van der Waals surface area (Å²) >= 11 is 0. The lowest BCUT2D eigenvalue weighted by molar-refractivity contribution is -0.205. The molecule has 2 amide bonds. The maximum atomic E-state index is 12.1. The Morgan fingerprint density at radius 1 is 1.10 bits per heavy atom. The predicted molar refractivity (Wildman–Crippen MR) is 109 cm³/mol. The van der Waals surface area contributed by atoms with E-state index in [1.54, 1.807) is 24.3 Å². The van der Waals surface area contributed by atoms with Gasteiger partial charge in [0.25, 0.3) is 11.8 Å². The van der Waals surface area contributed by atoms with Gasteiger partial charge in [0.05, 0.1) is 0 Å². The molecule has 29 heavy (non-hydrogen) atoms. The van der Waals surface area contributed by atoms with Crippen LogP contribution >= 0.6 is 0 Å². The standard InChI is InChI=1S/C22H28N2O5/c1-15(2)6-5-7-16(3)12-13-29-19-10-8-18(9-11-19)14-20-22(26)23(27)17(4)21(25)24(20)28/h6,8-12,14,17,27-28H,5,7,13H2,1-4H3/b16-12+,20-14+. The summed E-state index contributed by atoms with van der Waals surface area (Å²) in [7, 11) is 0. The Morgan fingerprint density at radius 2 is 1.76 bits per heavy atom. The quantitative estimate of drug-likeness (QED) is 0.411. The molecular formula is C22H28N2O5. The first-order chi connectivity index (χ1) is 13.7. The normalized spacial score (nSPS) is 19.0. The van der Waals surface area contributed by atoms with Crippen molar-refractivity contribution in [2.24, 2.45) is 0 Å². The third kappa shape index (κ3) is 6.04. The van der Waals surface area contributed by atoms with Crippen LogP contribution in [0.15, 0.2) is 53.3 Å². The highest BCUT2D eigenvalue weighted by molar-refractivity contribution is 6.05. The largest absolute Gasteiger partial charge is 0.490 e. The molecule has 1 aliphatic rings. The lowest BCUT2D eigenvalue weighted by Gasteiger charge is -2.32. The number of ether oxygens (including phenoxy) is 1. The molecule has 7 heteroatoms. The molecule has 1 atom stereocenters. The van der Waals surface area contributed by atoms with Crippen molar-refractivity contribution in [2.45, 2.75) is 46.6 Å². The molecule has 0 aromatic heterocycles. The van der Waals surface area contributed by atoms with E-state index in [1.165, 1.54) is 24.1 Å². The number of nitrogens with zero attached hydrogens (tertiary/aromatic N) is 2. The van der Waals surface area contributed by atoms with Crippen LogP contribution in [0, 0.1) is 0 Å². The summed E-state index contributed by atoms with van der Waals surface area (Å²) in [5, 5.41) is 20.2. The number of hydroxylamine groups is 4. The maximum Gasteiger partial charge on any atom is 0.297 e. The molecule has 1 aliphatic heterocycles. The molecule has 1 fully saturated rings. The molecule has 1 aromatic carbocycles. The van der Waals surface area contributed by atoms with Gasteiger partial charge in [-0.15, -0.1) is 0 Å². The predicted octanol–water partition coefficient (Wildman–Crippen LogP) is 3.94. The molecular weight excluding hydrogens is 372 g/mol. The SMILES string of the molecule is CC(C)=CCC/C(C)=C/COc1ccc(/C=C2\C(=O)N(O)C(C)C(=O)N2O)cc1. The molecule has 2 rings (SSSR count). The van der Waals surface area contributed by atoms with Crippen molar-refractivity contribution in [1.29, 1.82) is 0 Å². The maximum absolute atomic E-state index is 12.1. The van der Waals surface area contributed by atoms with Crippen LogP contribution in [-0.4, -0.2) is 45.0 Å². The van der Waals surface area contributed by atoms with Gasteiger partial charge in [0.2, 0.25) is 0 Å². The highest BCUT2D eigenvalue weighted by Crippen LogP contribution is 2.21. The van der Waals surface area contributed by atoms with Crippen LogP contribution in [0.25, 0.3) is 6.08 Å². The van der Waals surface area contributed by atoms with Gasteiger partial charge in [-0.25, -0.2) is 5.06 Å². The van der Waals surface area contributed by atoms with E-state index in [2.05, 4.69) is 26.8 Å². The first kappa shape index (κ1) is 22.4. The Kier molecular flexibility index (Phi) is 7.75. The van der Waals surface area contributed by atoms with Crippen LogP contribution < -0.4 is 4.74 Å². The fourth-order valence-electron chi connectivity index (χ4n) is 2.70. The van der Waals surface area contributed by atoms with Gasteiger partial charge in [-0.1, -0.05) is 29.4 Å².